The van der Waals surface area contributed by atoms with Gasteiger partial charge in [0.05, 0.1) is 5.02 Å². The third-order valence-corrected chi connectivity index (χ3v) is 2.67. The van der Waals surface area contributed by atoms with Crippen LogP contribution in [0.25, 0.3) is 11.1 Å². The summed E-state index contributed by atoms with van der Waals surface area (Å²) in [6, 6.07) is 15.8. The van der Waals surface area contributed by atoms with Gasteiger partial charge in [-0.2, -0.15) is 5.48 Å². The van der Waals surface area contributed by atoms with Crippen LogP contribution in [0.4, 0.5) is 0 Å². The lowest BCUT2D eigenvalue weighted by molar-refractivity contribution is 0.203. The summed E-state index contributed by atoms with van der Waals surface area (Å²) in [6.45, 7) is 2.69. The molecule has 0 saturated carbocycles. The first kappa shape index (κ1) is 12.0. The van der Waals surface area contributed by atoms with E-state index in [4.69, 9.17) is 16.4 Å². The molecule has 2 nitrogen and oxygen atoms in total. The largest absolute Gasteiger partial charge is 0.407 e. The molecule has 2 rings (SSSR count). The summed E-state index contributed by atoms with van der Waals surface area (Å²) in [5, 5.41) is 0.604. The van der Waals surface area contributed by atoms with Crippen molar-refractivity contribution >= 4 is 11.6 Å². The molecule has 0 aliphatic heterocycles. The fourth-order valence-corrected chi connectivity index (χ4v) is 1.82. The molecular formula is C14H14ClNO. The maximum Gasteiger partial charge on any atom is 0.173 e. The second-order valence-corrected chi connectivity index (χ2v) is 3.99. The zero-order valence-electron chi connectivity index (χ0n) is 9.61. The van der Waals surface area contributed by atoms with Crippen LogP contribution in [0.3, 0.4) is 0 Å². The Morgan fingerprint density at radius 1 is 1.06 bits per heavy atom. The molecule has 1 N–H and O–H groups in total. The van der Waals surface area contributed by atoms with Crippen molar-refractivity contribution in [2.45, 2.75) is 6.92 Å². The van der Waals surface area contributed by atoms with Crippen LogP contribution in [0.2, 0.25) is 5.02 Å². The van der Waals surface area contributed by atoms with E-state index in [0.29, 0.717) is 10.8 Å². The predicted molar refractivity (Wildman–Crippen MR) is 71.2 cm³/mol. The van der Waals surface area contributed by atoms with E-state index < -0.39 is 0 Å². The Kier molecular flexibility index (Phi) is 4.02. The summed E-state index contributed by atoms with van der Waals surface area (Å²) in [5.41, 5.74) is 4.90. The van der Waals surface area contributed by atoms with Crippen LogP contribution in [0.15, 0.2) is 48.5 Å². The third kappa shape index (κ3) is 2.78. The van der Waals surface area contributed by atoms with E-state index in [2.05, 4.69) is 5.48 Å². The number of hydrogen-bond acceptors (Lipinski definition) is 2. The van der Waals surface area contributed by atoms with Crippen molar-refractivity contribution in [3.8, 4) is 16.9 Å². The van der Waals surface area contributed by atoms with E-state index in [1.165, 1.54) is 0 Å². The Hall–Kier alpha value is -1.51. The van der Waals surface area contributed by atoms with E-state index >= 15 is 0 Å². The molecule has 3 heteroatoms. The van der Waals surface area contributed by atoms with Gasteiger partial charge < -0.3 is 4.84 Å². The molecular weight excluding hydrogens is 234 g/mol. The zero-order valence-corrected chi connectivity index (χ0v) is 10.4. The van der Waals surface area contributed by atoms with E-state index in [9.17, 15) is 0 Å². The molecule has 2 aromatic rings. The van der Waals surface area contributed by atoms with Crippen molar-refractivity contribution in [1.82, 2.24) is 5.48 Å². The van der Waals surface area contributed by atoms with Gasteiger partial charge in [-0.1, -0.05) is 54.1 Å². The van der Waals surface area contributed by atoms with Gasteiger partial charge >= 0.3 is 0 Å². The Labute approximate surface area is 106 Å². The number of hydroxylamine groups is 1. The first-order valence-electron chi connectivity index (χ1n) is 5.56. The van der Waals surface area contributed by atoms with Gasteiger partial charge in [0.15, 0.2) is 5.75 Å². The van der Waals surface area contributed by atoms with Gasteiger partial charge in [0.2, 0.25) is 0 Å². The van der Waals surface area contributed by atoms with Gasteiger partial charge in [-0.15, -0.1) is 0 Å². The predicted octanol–water partition coefficient (Wildman–Crippen LogP) is 3.91. The SMILES string of the molecule is CCNOc1c(Cl)cccc1-c1ccccc1. The van der Waals surface area contributed by atoms with Gasteiger partial charge in [0.25, 0.3) is 0 Å². The van der Waals surface area contributed by atoms with Crippen molar-refractivity contribution < 1.29 is 4.84 Å². The van der Waals surface area contributed by atoms with E-state index in [1.807, 2.05) is 55.5 Å². The Morgan fingerprint density at radius 3 is 2.53 bits per heavy atom. The van der Waals surface area contributed by atoms with Gasteiger partial charge in [-0.3, -0.25) is 0 Å². The van der Waals surface area contributed by atoms with Crippen LogP contribution in [-0.4, -0.2) is 6.54 Å². The van der Waals surface area contributed by atoms with Crippen LogP contribution in [0, 0.1) is 0 Å². The molecule has 2 aromatic carbocycles. The van der Waals surface area contributed by atoms with Gasteiger partial charge in [-0.25, -0.2) is 0 Å². The quantitative estimate of drug-likeness (QED) is 0.827. The lowest BCUT2D eigenvalue weighted by Crippen LogP contribution is -2.17. The average molecular weight is 248 g/mol. The molecule has 0 aromatic heterocycles. The summed E-state index contributed by atoms with van der Waals surface area (Å²) in [6.07, 6.45) is 0. The number of para-hydroxylation sites is 1. The number of rotatable bonds is 4. The summed E-state index contributed by atoms with van der Waals surface area (Å²) < 4.78 is 0. The van der Waals surface area contributed by atoms with E-state index in [1.54, 1.807) is 0 Å². The highest BCUT2D eigenvalue weighted by Crippen LogP contribution is 2.35. The monoisotopic (exact) mass is 247 g/mol. The number of hydrogen-bond donors (Lipinski definition) is 1. The highest BCUT2D eigenvalue weighted by atomic mass is 35.5. The molecule has 0 unspecified atom stereocenters. The second kappa shape index (κ2) is 5.71. The van der Waals surface area contributed by atoms with Crippen molar-refractivity contribution in [3.05, 3.63) is 53.6 Å². The first-order valence-corrected chi connectivity index (χ1v) is 5.94. The van der Waals surface area contributed by atoms with Crippen molar-refractivity contribution in [2.75, 3.05) is 6.54 Å². The Bertz CT molecular complexity index is 485. The molecule has 17 heavy (non-hydrogen) atoms. The zero-order chi connectivity index (χ0) is 12.1. The Morgan fingerprint density at radius 2 is 1.82 bits per heavy atom. The molecule has 0 bridgehead atoms. The van der Waals surface area contributed by atoms with Crippen molar-refractivity contribution in [1.29, 1.82) is 0 Å². The molecule has 0 fully saturated rings. The molecule has 0 saturated heterocycles. The highest BCUT2D eigenvalue weighted by molar-refractivity contribution is 6.32. The summed E-state index contributed by atoms with van der Waals surface area (Å²) >= 11 is 6.15. The lowest BCUT2D eigenvalue weighted by atomic mass is 10.1. The van der Waals surface area contributed by atoms with Gasteiger partial charge in [0, 0.05) is 12.1 Å². The van der Waals surface area contributed by atoms with Crippen LogP contribution in [0.5, 0.6) is 5.75 Å². The number of nitrogens with one attached hydrogen (secondary N) is 1. The number of benzene rings is 2. The molecule has 0 spiro atoms. The molecule has 0 amide bonds. The second-order valence-electron chi connectivity index (χ2n) is 3.58. The summed E-state index contributed by atoms with van der Waals surface area (Å²) in [4.78, 5) is 5.49. The molecule has 0 aliphatic carbocycles. The molecule has 88 valence electrons. The van der Waals surface area contributed by atoms with Crippen molar-refractivity contribution in [2.24, 2.45) is 0 Å². The average Bonchev–Trinajstić information content (AvgIpc) is 2.38. The normalized spacial score (nSPS) is 10.2. The molecule has 0 radical (unpaired) electrons. The minimum Gasteiger partial charge on any atom is -0.407 e. The topological polar surface area (TPSA) is 21.3 Å². The molecule has 0 heterocycles. The minimum atomic E-state index is 0.604. The fourth-order valence-electron chi connectivity index (χ4n) is 1.60. The fraction of sp³-hybridized carbons (Fsp3) is 0.143. The summed E-state index contributed by atoms with van der Waals surface area (Å²) in [5.74, 6) is 0.669. The maximum absolute atomic E-state index is 6.15. The van der Waals surface area contributed by atoms with Crippen LogP contribution < -0.4 is 10.3 Å². The van der Waals surface area contributed by atoms with Gasteiger partial charge in [0.1, 0.15) is 0 Å². The van der Waals surface area contributed by atoms with E-state index in [-0.39, 0.29) is 0 Å². The Balaban J connectivity index is 2.43. The summed E-state index contributed by atoms with van der Waals surface area (Å²) in [7, 11) is 0. The smallest absolute Gasteiger partial charge is 0.173 e. The van der Waals surface area contributed by atoms with Crippen LogP contribution in [-0.2, 0) is 0 Å². The highest BCUT2D eigenvalue weighted by Gasteiger charge is 2.10. The standard InChI is InChI=1S/C14H14ClNO/c1-2-16-17-14-12(9-6-10-13(14)15)11-7-4-3-5-8-11/h3-10,16H,2H2,1H3. The maximum atomic E-state index is 6.15. The van der Waals surface area contributed by atoms with Crippen molar-refractivity contribution in [3.63, 3.8) is 0 Å². The molecule has 0 aliphatic rings. The third-order valence-electron chi connectivity index (χ3n) is 2.37. The minimum absolute atomic E-state index is 0.604. The molecule has 0 atom stereocenters. The van der Waals surface area contributed by atoms with E-state index in [0.717, 1.165) is 17.7 Å². The number of halogens is 1. The lowest BCUT2D eigenvalue weighted by Gasteiger charge is -2.12. The van der Waals surface area contributed by atoms with Crippen LogP contribution >= 0.6 is 11.6 Å². The van der Waals surface area contributed by atoms with Gasteiger partial charge in [-0.05, 0) is 18.6 Å². The first-order chi connectivity index (χ1) is 8.33. The van der Waals surface area contributed by atoms with Crippen LogP contribution in [0.1, 0.15) is 6.92 Å².